The molecule has 0 unspecified atom stereocenters. The summed E-state index contributed by atoms with van der Waals surface area (Å²) in [5.41, 5.74) is 3.84. The van der Waals surface area contributed by atoms with Crippen LogP contribution in [0.15, 0.2) is 18.3 Å². The van der Waals surface area contributed by atoms with Crippen molar-refractivity contribution in [1.29, 1.82) is 0 Å². The van der Waals surface area contributed by atoms with Gasteiger partial charge in [-0.3, -0.25) is 0 Å². The van der Waals surface area contributed by atoms with Gasteiger partial charge in [-0.1, -0.05) is 0 Å². The number of nitrogens with one attached hydrogen (secondary N) is 2. The van der Waals surface area contributed by atoms with Crippen molar-refractivity contribution >= 4 is 5.82 Å². The molecule has 0 saturated heterocycles. The van der Waals surface area contributed by atoms with E-state index in [2.05, 4.69) is 26.3 Å². The number of aromatic nitrogens is 3. The predicted molar refractivity (Wildman–Crippen MR) is 76.4 cm³/mol. The minimum absolute atomic E-state index is 0.878. The van der Waals surface area contributed by atoms with E-state index in [0.717, 1.165) is 37.4 Å². The maximum Gasteiger partial charge on any atom is 0.133 e. The van der Waals surface area contributed by atoms with Crippen molar-refractivity contribution in [1.82, 2.24) is 15.0 Å². The van der Waals surface area contributed by atoms with Crippen LogP contribution < -0.4 is 5.32 Å². The molecule has 19 heavy (non-hydrogen) atoms. The number of anilines is 1. The van der Waals surface area contributed by atoms with E-state index in [1.165, 1.54) is 29.8 Å². The Bertz CT molecular complexity index is 546. The quantitative estimate of drug-likeness (QED) is 0.884. The van der Waals surface area contributed by atoms with Crippen LogP contribution in [0.1, 0.15) is 35.6 Å². The molecule has 2 aromatic heterocycles. The predicted octanol–water partition coefficient (Wildman–Crippen LogP) is 2.65. The molecule has 1 aliphatic carbocycles. The largest absolute Gasteiger partial charge is 0.369 e. The highest BCUT2D eigenvalue weighted by atomic mass is 15.0. The Morgan fingerprint density at radius 3 is 3.00 bits per heavy atom. The molecule has 0 fully saturated rings. The summed E-state index contributed by atoms with van der Waals surface area (Å²) in [6.45, 7) is 2.88. The maximum absolute atomic E-state index is 4.58. The van der Waals surface area contributed by atoms with Gasteiger partial charge in [-0.15, -0.1) is 0 Å². The van der Waals surface area contributed by atoms with Crippen LogP contribution in [0.2, 0.25) is 0 Å². The fourth-order valence-corrected chi connectivity index (χ4v) is 2.70. The molecule has 4 heteroatoms. The van der Waals surface area contributed by atoms with E-state index in [-0.39, 0.29) is 0 Å². The number of rotatable bonds is 4. The van der Waals surface area contributed by atoms with Crippen LogP contribution >= 0.6 is 0 Å². The molecule has 0 saturated carbocycles. The highest BCUT2D eigenvalue weighted by Crippen LogP contribution is 2.25. The van der Waals surface area contributed by atoms with E-state index in [4.69, 9.17) is 0 Å². The van der Waals surface area contributed by atoms with Crippen molar-refractivity contribution in [3.05, 3.63) is 41.1 Å². The number of hydrogen-bond acceptors (Lipinski definition) is 3. The maximum atomic E-state index is 4.58. The lowest BCUT2D eigenvalue weighted by Gasteiger charge is -2.19. The third-order valence-corrected chi connectivity index (χ3v) is 3.64. The van der Waals surface area contributed by atoms with Gasteiger partial charge in [0.05, 0.1) is 0 Å². The molecule has 2 aromatic rings. The van der Waals surface area contributed by atoms with Crippen molar-refractivity contribution in [3.8, 4) is 0 Å². The summed E-state index contributed by atoms with van der Waals surface area (Å²) in [5.74, 6) is 1.93. The third-order valence-electron chi connectivity index (χ3n) is 3.64. The molecule has 2 N–H and O–H groups in total. The van der Waals surface area contributed by atoms with E-state index in [9.17, 15) is 0 Å². The topological polar surface area (TPSA) is 53.6 Å². The zero-order chi connectivity index (χ0) is 13.1. The van der Waals surface area contributed by atoms with Crippen molar-refractivity contribution in [3.63, 3.8) is 0 Å². The average molecular weight is 256 g/mol. The molecule has 0 amide bonds. The van der Waals surface area contributed by atoms with Crippen LogP contribution in [0.3, 0.4) is 0 Å². The van der Waals surface area contributed by atoms with Gasteiger partial charge in [0.2, 0.25) is 0 Å². The summed E-state index contributed by atoms with van der Waals surface area (Å²) in [6, 6.07) is 4.15. The molecule has 0 spiro atoms. The monoisotopic (exact) mass is 256 g/mol. The van der Waals surface area contributed by atoms with Crippen molar-refractivity contribution in [2.24, 2.45) is 0 Å². The molecular formula is C15H20N4. The molecular weight excluding hydrogens is 236 g/mol. The van der Waals surface area contributed by atoms with Crippen LogP contribution in [-0.2, 0) is 19.3 Å². The lowest BCUT2D eigenvalue weighted by molar-refractivity contribution is 0.659. The summed E-state index contributed by atoms with van der Waals surface area (Å²) in [6.07, 6.45) is 7.68. The summed E-state index contributed by atoms with van der Waals surface area (Å²) >= 11 is 0. The smallest absolute Gasteiger partial charge is 0.133 e. The lowest BCUT2D eigenvalue weighted by Crippen LogP contribution is -2.15. The van der Waals surface area contributed by atoms with Gasteiger partial charge in [0.15, 0.2) is 0 Å². The third kappa shape index (κ3) is 2.78. The Hall–Kier alpha value is -1.84. The Morgan fingerprint density at radius 2 is 2.16 bits per heavy atom. The Morgan fingerprint density at radius 1 is 1.26 bits per heavy atom. The molecule has 0 aliphatic heterocycles. The Balaban J connectivity index is 1.71. The van der Waals surface area contributed by atoms with E-state index in [1.807, 2.05) is 19.2 Å². The van der Waals surface area contributed by atoms with Crippen molar-refractivity contribution in [2.45, 2.75) is 39.0 Å². The van der Waals surface area contributed by atoms with Crippen LogP contribution in [0.5, 0.6) is 0 Å². The first kappa shape index (κ1) is 12.2. The second-order valence-electron chi connectivity index (χ2n) is 5.12. The van der Waals surface area contributed by atoms with Gasteiger partial charge in [-0.05, 0) is 44.7 Å². The zero-order valence-corrected chi connectivity index (χ0v) is 11.4. The van der Waals surface area contributed by atoms with Gasteiger partial charge in [0, 0.05) is 36.1 Å². The minimum atomic E-state index is 0.878. The SMILES string of the molecule is Cc1nc2c(c(NCCc3ccc[nH]3)n1)CCCC2. The second kappa shape index (κ2) is 5.43. The van der Waals surface area contributed by atoms with E-state index >= 15 is 0 Å². The van der Waals surface area contributed by atoms with E-state index in [1.54, 1.807) is 0 Å². The molecule has 0 bridgehead atoms. The van der Waals surface area contributed by atoms with Gasteiger partial charge in [-0.25, -0.2) is 9.97 Å². The standard InChI is InChI=1S/C15H20N4/c1-11-18-14-7-3-2-6-13(14)15(19-11)17-10-8-12-5-4-9-16-12/h4-5,9,16H,2-3,6-8,10H2,1H3,(H,17,18,19). The number of H-pyrrole nitrogens is 1. The molecule has 0 atom stereocenters. The van der Waals surface area contributed by atoms with Crippen molar-refractivity contribution in [2.75, 3.05) is 11.9 Å². The first-order valence-corrected chi connectivity index (χ1v) is 7.05. The van der Waals surface area contributed by atoms with Crippen LogP contribution in [-0.4, -0.2) is 21.5 Å². The van der Waals surface area contributed by atoms with Crippen LogP contribution in [0, 0.1) is 6.92 Å². The number of aromatic amines is 1. The molecule has 100 valence electrons. The zero-order valence-electron chi connectivity index (χ0n) is 11.4. The first-order valence-electron chi connectivity index (χ1n) is 7.05. The summed E-state index contributed by atoms with van der Waals surface area (Å²) in [7, 11) is 0. The fraction of sp³-hybridized carbons (Fsp3) is 0.467. The van der Waals surface area contributed by atoms with Crippen LogP contribution in [0.4, 0.5) is 5.82 Å². The molecule has 4 nitrogen and oxygen atoms in total. The number of hydrogen-bond donors (Lipinski definition) is 2. The number of aryl methyl sites for hydroxylation is 2. The van der Waals surface area contributed by atoms with Gasteiger partial charge >= 0.3 is 0 Å². The van der Waals surface area contributed by atoms with Crippen LogP contribution in [0.25, 0.3) is 0 Å². The molecule has 1 aliphatic rings. The van der Waals surface area contributed by atoms with Crippen molar-refractivity contribution < 1.29 is 0 Å². The first-order chi connectivity index (χ1) is 9.33. The summed E-state index contributed by atoms with van der Waals surface area (Å²) in [5, 5.41) is 3.48. The summed E-state index contributed by atoms with van der Waals surface area (Å²) in [4.78, 5) is 12.4. The molecule has 0 radical (unpaired) electrons. The highest BCUT2D eigenvalue weighted by molar-refractivity contribution is 5.47. The Kier molecular flexibility index (Phi) is 3.49. The van der Waals surface area contributed by atoms with E-state index < -0.39 is 0 Å². The average Bonchev–Trinajstić information content (AvgIpc) is 2.91. The summed E-state index contributed by atoms with van der Waals surface area (Å²) < 4.78 is 0. The number of nitrogens with zero attached hydrogens (tertiary/aromatic N) is 2. The van der Waals surface area contributed by atoms with Gasteiger partial charge < -0.3 is 10.3 Å². The molecule has 3 rings (SSSR count). The second-order valence-corrected chi connectivity index (χ2v) is 5.12. The fourth-order valence-electron chi connectivity index (χ4n) is 2.70. The molecule has 0 aromatic carbocycles. The van der Waals surface area contributed by atoms with E-state index in [0.29, 0.717) is 0 Å². The Labute approximate surface area is 113 Å². The van der Waals surface area contributed by atoms with Gasteiger partial charge in [-0.2, -0.15) is 0 Å². The molecule has 2 heterocycles. The minimum Gasteiger partial charge on any atom is -0.369 e. The lowest BCUT2D eigenvalue weighted by atomic mass is 9.96. The number of fused-ring (bicyclic) bond motifs is 1. The highest BCUT2D eigenvalue weighted by Gasteiger charge is 2.16. The van der Waals surface area contributed by atoms with Gasteiger partial charge in [0.1, 0.15) is 11.6 Å². The van der Waals surface area contributed by atoms with Gasteiger partial charge in [0.25, 0.3) is 0 Å². The normalized spacial score (nSPS) is 14.2.